The molecule has 8 rings (SSSR count). The molecular formula is C58H74N16O12. The zero-order chi connectivity index (χ0) is 61.5. The summed E-state index contributed by atoms with van der Waals surface area (Å²) in [5.41, 5.74) is 8.01. The van der Waals surface area contributed by atoms with Gasteiger partial charge < -0.3 is 78.4 Å². The summed E-state index contributed by atoms with van der Waals surface area (Å²) in [4.78, 5) is 158. The van der Waals surface area contributed by atoms with Crippen molar-refractivity contribution in [3.05, 3.63) is 108 Å². The molecule has 4 aromatic heterocycles. The molecule has 458 valence electrons. The highest BCUT2D eigenvalue weighted by Crippen LogP contribution is 2.29. The predicted octanol–water partition coefficient (Wildman–Crippen LogP) is -1.27. The Morgan fingerprint density at radius 3 is 1.62 bits per heavy atom. The summed E-state index contributed by atoms with van der Waals surface area (Å²) in [5.74, 6) is -7.70. The van der Waals surface area contributed by atoms with Crippen LogP contribution in [-0.2, 0) is 73.6 Å². The summed E-state index contributed by atoms with van der Waals surface area (Å²) >= 11 is 0. The number of fused-ring (bicyclic) bond motifs is 2. The van der Waals surface area contributed by atoms with Gasteiger partial charge in [0.15, 0.2) is 5.78 Å². The van der Waals surface area contributed by atoms with E-state index in [1.807, 2.05) is 30.3 Å². The van der Waals surface area contributed by atoms with E-state index in [1.54, 1.807) is 37.5 Å². The first-order chi connectivity index (χ1) is 41.4. The molecule has 0 aliphatic carbocycles. The van der Waals surface area contributed by atoms with Gasteiger partial charge in [0.2, 0.25) is 47.3 Å². The van der Waals surface area contributed by atoms with Crippen molar-refractivity contribution in [2.24, 2.45) is 5.73 Å². The van der Waals surface area contributed by atoms with Gasteiger partial charge in [-0.2, -0.15) is 0 Å². The number of carbonyl (C=O) groups is 10. The standard InChI is InChI=1S/C58H74N16O12/c1-3-58(57(85)86)18-17-41(74-58)49(77)40(14-8-9-19-59)68-53(81)43(20-32-24-62-38-12-6-4-10-36(32)38)69-50(78)31(2)66-52(80)45(22-34-26-60-29-64-34)72-56(84)47(28-75)73-54(82)44(21-33-25-63-39-13-7-5-11-37(33)39)70-55(83)46(23-35-27-61-30-65-35)71-51(79)42-15-16-48(76)67-42/h4-7,10-13,24-27,29-31,40-47,62-63,74-75H,3,8-9,14-23,28,59H2,1-2H3,(H,60,64)(H,61,65)(H,66,80)(H,67,76)(H,68,81)(H,69,78)(H,70,83)(H,71,79)(H,72,84)(H,73,82)(H,85,86)/t31-,40+,41?,42+,43+,44+,45+,46+,47+,58+/m1/s1. The number of Topliss-reactive ketones (excluding diaryl/α,β-unsaturated/α-hetero) is 1. The van der Waals surface area contributed by atoms with Gasteiger partial charge >= 0.3 is 5.97 Å². The number of aromatic nitrogens is 6. The van der Waals surface area contributed by atoms with E-state index in [0.29, 0.717) is 47.3 Å². The smallest absolute Gasteiger partial charge is 0.323 e. The van der Waals surface area contributed by atoms with Crippen molar-refractivity contribution in [2.75, 3.05) is 13.2 Å². The number of hydrogen-bond acceptors (Lipinski definition) is 15. The number of aliphatic hydroxyl groups is 1. The highest BCUT2D eigenvalue weighted by Gasteiger charge is 2.47. The number of benzene rings is 2. The summed E-state index contributed by atoms with van der Waals surface area (Å²) in [7, 11) is 0. The number of hydrogen-bond donors (Lipinski definition) is 16. The lowest BCUT2D eigenvalue weighted by atomic mass is 9.94. The topological polar surface area (TPSA) is 434 Å². The quantitative estimate of drug-likeness (QED) is 0.0226. The molecule has 2 saturated heterocycles. The second kappa shape index (κ2) is 29.0. The molecule has 2 aromatic carbocycles. The predicted molar refractivity (Wildman–Crippen MR) is 311 cm³/mol. The summed E-state index contributed by atoms with van der Waals surface area (Å²) in [6.45, 7) is 2.40. The molecule has 86 heavy (non-hydrogen) atoms. The van der Waals surface area contributed by atoms with Crippen LogP contribution in [0, 0.1) is 0 Å². The van der Waals surface area contributed by atoms with Crippen LogP contribution in [-0.4, -0.2) is 172 Å². The average molecular weight is 1190 g/mol. The Labute approximate surface area is 493 Å². The van der Waals surface area contributed by atoms with E-state index in [9.17, 15) is 58.2 Å². The second-order valence-corrected chi connectivity index (χ2v) is 21.8. The van der Waals surface area contributed by atoms with Crippen LogP contribution < -0.4 is 53.6 Å². The molecule has 10 atom stereocenters. The molecule has 0 saturated carbocycles. The minimum Gasteiger partial charge on any atom is -0.480 e. The van der Waals surface area contributed by atoms with Crippen LogP contribution in [0.5, 0.6) is 0 Å². The number of rotatable bonds is 31. The number of H-pyrrole nitrogens is 4. The lowest BCUT2D eigenvalue weighted by Crippen LogP contribution is -2.61. The molecule has 28 nitrogen and oxygen atoms in total. The number of ketones is 1. The average Bonchev–Trinajstić information content (AvgIpc) is 3.52. The lowest BCUT2D eigenvalue weighted by molar-refractivity contribution is -0.144. The molecule has 17 N–H and O–H groups in total. The summed E-state index contributed by atoms with van der Waals surface area (Å²) < 4.78 is 0. The van der Waals surface area contributed by atoms with Crippen molar-refractivity contribution in [1.82, 2.24) is 77.8 Å². The van der Waals surface area contributed by atoms with Gasteiger partial charge in [-0.25, -0.2) is 9.97 Å². The molecule has 2 fully saturated rings. The first-order valence-electron chi connectivity index (χ1n) is 28.7. The third kappa shape index (κ3) is 15.7. The molecule has 0 bridgehead atoms. The molecule has 6 heterocycles. The Morgan fingerprint density at radius 1 is 0.628 bits per heavy atom. The minimum atomic E-state index is -1.74. The zero-order valence-electron chi connectivity index (χ0n) is 47.6. The second-order valence-electron chi connectivity index (χ2n) is 21.8. The number of nitrogens with zero attached hydrogens (tertiary/aromatic N) is 2. The molecule has 0 radical (unpaired) electrons. The van der Waals surface area contributed by atoms with Gasteiger partial charge in [0.05, 0.1) is 31.3 Å². The van der Waals surface area contributed by atoms with E-state index in [0.717, 1.165) is 16.4 Å². The Balaban J connectivity index is 0.979. The van der Waals surface area contributed by atoms with Gasteiger partial charge in [-0.1, -0.05) is 43.3 Å². The van der Waals surface area contributed by atoms with Crippen molar-refractivity contribution >= 4 is 80.8 Å². The zero-order valence-corrected chi connectivity index (χ0v) is 47.6. The maximum atomic E-state index is 14.5. The van der Waals surface area contributed by atoms with Crippen LogP contribution in [0.15, 0.2) is 86.0 Å². The highest BCUT2D eigenvalue weighted by atomic mass is 16.4. The number of carboxylic acid groups (broad SMARTS) is 1. The number of carbonyl (C=O) groups excluding carboxylic acids is 9. The first kappa shape index (κ1) is 62.8. The number of nitrogens with two attached hydrogens (primary N) is 1. The number of nitrogens with one attached hydrogen (secondary N) is 13. The number of amides is 8. The highest BCUT2D eigenvalue weighted by molar-refractivity contribution is 6.00. The fourth-order valence-corrected chi connectivity index (χ4v) is 10.9. The fourth-order valence-electron chi connectivity index (χ4n) is 10.9. The minimum absolute atomic E-state index is 0.0751. The van der Waals surface area contributed by atoms with Crippen molar-refractivity contribution in [2.45, 2.75) is 151 Å². The molecular weight excluding hydrogens is 1110 g/mol. The molecule has 28 heteroatoms. The Hall–Kier alpha value is -9.28. The van der Waals surface area contributed by atoms with Crippen LogP contribution in [0.1, 0.15) is 87.7 Å². The van der Waals surface area contributed by atoms with Gasteiger partial charge in [0.1, 0.15) is 47.8 Å². The van der Waals surface area contributed by atoms with E-state index in [4.69, 9.17) is 5.73 Å². The maximum Gasteiger partial charge on any atom is 0.323 e. The van der Waals surface area contributed by atoms with E-state index in [-0.39, 0.29) is 70.1 Å². The number of unbranched alkanes of at least 4 members (excludes halogenated alkanes) is 1. The Kier molecular flexibility index (Phi) is 21.2. The number of carboxylic acids is 1. The van der Waals surface area contributed by atoms with Gasteiger partial charge in [0, 0.05) is 90.1 Å². The largest absolute Gasteiger partial charge is 0.480 e. The first-order valence-corrected chi connectivity index (χ1v) is 28.7. The number of aromatic amines is 4. The SMILES string of the molecule is CC[C@@]1(C(=O)O)CCC(C(=O)[C@H](CCCCN)NC(=O)[C@H](Cc2c[nH]c3ccccc23)NC(=O)[C@@H](C)NC(=O)[C@H](Cc2cnc[nH]2)NC(=O)[C@H](CO)NC(=O)[C@H](Cc2c[nH]c3ccccc23)NC(=O)[C@H](Cc2cnc[nH]2)NC(=O)[C@@H]2CCC(=O)N2)N1. The van der Waals surface area contributed by atoms with E-state index >= 15 is 0 Å². The van der Waals surface area contributed by atoms with E-state index < -0.39 is 120 Å². The molecule has 6 aromatic rings. The molecule has 2 aliphatic rings. The molecule has 0 spiro atoms. The van der Waals surface area contributed by atoms with Crippen LogP contribution >= 0.6 is 0 Å². The molecule has 2 aliphatic heterocycles. The van der Waals surface area contributed by atoms with Crippen molar-refractivity contribution in [3.63, 3.8) is 0 Å². The van der Waals surface area contributed by atoms with Gasteiger partial charge in [-0.15, -0.1) is 0 Å². The van der Waals surface area contributed by atoms with Crippen LogP contribution in [0.3, 0.4) is 0 Å². The third-order valence-electron chi connectivity index (χ3n) is 15.8. The summed E-state index contributed by atoms with van der Waals surface area (Å²) in [6.07, 6.45) is 10.5. The van der Waals surface area contributed by atoms with Crippen molar-refractivity contribution in [1.29, 1.82) is 0 Å². The van der Waals surface area contributed by atoms with Crippen LogP contribution in [0.4, 0.5) is 0 Å². The normalized spacial score (nSPS) is 19.0. The molecule has 8 amide bonds. The Morgan fingerprint density at radius 2 is 1.13 bits per heavy atom. The van der Waals surface area contributed by atoms with Crippen LogP contribution in [0.2, 0.25) is 0 Å². The molecule has 1 unspecified atom stereocenters. The fraction of sp³-hybridized carbons (Fsp3) is 0.448. The third-order valence-corrected chi connectivity index (χ3v) is 15.8. The number of aliphatic hydroxyl groups excluding tert-OH is 1. The van der Waals surface area contributed by atoms with Crippen molar-refractivity contribution in [3.8, 4) is 0 Å². The van der Waals surface area contributed by atoms with Gasteiger partial charge in [-0.05, 0) is 81.7 Å². The Bertz CT molecular complexity index is 3380. The number of imidazole rings is 2. The lowest BCUT2D eigenvalue weighted by Gasteiger charge is -2.28. The summed E-state index contributed by atoms with van der Waals surface area (Å²) in [5, 5.41) is 46.5. The number of para-hydroxylation sites is 2. The van der Waals surface area contributed by atoms with Crippen LogP contribution in [0.25, 0.3) is 21.8 Å². The van der Waals surface area contributed by atoms with Gasteiger partial charge in [-0.3, -0.25) is 53.3 Å². The van der Waals surface area contributed by atoms with E-state index in [2.05, 4.69) is 77.8 Å². The maximum absolute atomic E-state index is 14.5. The van der Waals surface area contributed by atoms with E-state index in [1.165, 1.54) is 32.0 Å². The van der Waals surface area contributed by atoms with Gasteiger partial charge in [0.25, 0.3) is 0 Å². The number of aliphatic carboxylic acids is 1. The summed E-state index contributed by atoms with van der Waals surface area (Å²) in [6, 6.07) is 2.95. The monoisotopic (exact) mass is 1190 g/mol. The van der Waals surface area contributed by atoms with Crippen molar-refractivity contribution < 1.29 is 58.2 Å².